The highest BCUT2D eigenvalue weighted by Gasteiger charge is 2.21. The molecule has 0 atom stereocenters. The van der Waals surface area contributed by atoms with Crippen LogP contribution in [0.1, 0.15) is 42.6 Å². The summed E-state index contributed by atoms with van der Waals surface area (Å²) in [6, 6.07) is 0. The average molecular weight is 208 g/mol. The number of aryl methyl sites for hydroxylation is 1. The van der Waals surface area contributed by atoms with Crippen molar-refractivity contribution in [2.45, 2.75) is 32.6 Å². The number of rotatable bonds is 5. The fraction of sp³-hybridized carbons (Fsp3) is 0.700. The van der Waals surface area contributed by atoms with Crippen molar-refractivity contribution in [2.24, 2.45) is 5.92 Å². The van der Waals surface area contributed by atoms with Crippen molar-refractivity contribution >= 4 is 5.91 Å². The van der Waals surface area contributed by atoms with Gasteiger partial charge >= 0.3 is 0 Å². The maximum absolute atomic E-state index is 11.5. The third kappa shape index (κ3) is 2.78. The van der Waals surface area contributed by atoms with Crippen LogP contribution in [0, 0.1) is 5.92 Å². The van der Waals surface area contributed by atoms with Crippen molar-refractivity contribution in [1.82, 2.24) is 20.5 Å². The van der Waals surface area contributed by atoms with Crippen molar-refractivity contribution in [1.29, 1.82) is 0 Å². The van der Waals surface area contributed by atoms with E-state index in [1.54, 1.807) is 0 Å². The van der Waals surface area contributed by atoms with Gasteiger partial charge in [-0.15, -0.1) is 5.10 Å². The van der Waals surface area contributed by atoms with Gasteiger partial charge in [0.15, 0.2) is 0 Å². The van der Waals surface area contributed by atoms with Crippen LogP contribution in [0.4, 0.5) is 0 Å². The largest absolute Gasteiger partial charge is 0.349 e. The average Bonchev–Trinajstić information content (AvgIpc) is 2.94. The smallest absolute Gasteiger partial charge is 0.290 e. The van der Waals surface area contributed by atoms with E-state index in [0.29, 0.717) is 0 Å². The van der Waals surface area contributed by atoms with Crippen molar-refractivity contribution in [3.05, 3.63) is 11.6 Å². The van der Waals surface area contributed by atoms with Gasteiger partial charge < -0.3 is 5.32 Å². The lowest BCUT2D eigenvalue weighted by Crippen LogP contribution is -2.25. The molecule has 5 heteroatoms. The van der Waals surface area contributed by atoms with Gasteiger partial charge in [-0.2, -0.15) is 0 Å². The topological polar surface area (TPSA) is 70.7 Å². The molecule has 0 aliphatic heterocycles. The molecule has 1 aromatic heterocycles. The number of carbonyl (C=O) groups excluding carboxylic acids is 1. The number of aromatic amines is 1. The van der Waals surface area contributed by atoms with Gasteiger partial charge in [-0.25, -0.2) is 4.98 Å². The first-order valence-electron chi connectivity index (χ1n) is 5.49. The highest BCUT2D eigenvalue weighted by atomic mass is 16.2. The molecule has 1 amide bonds. The summed E-state index contributed by atoms with van der Waals surface area (Å²) in [5.74, 6) is 1.67. The van der Waals surface area contributed by atoms with Gasteiger partial charge in [-0.1, -0.05) is 19.8 Å². The Morgan fingerprint density at radius 3 is 3.00 bits per heavy atom. The fourth-order valence-corrected chi connectivity index (χ4v) is 1.43. The molecule has 2 N–H and O–H groups in total. The van der Waals surface area contributed by atoms with Crippen molar-refractivity contribution in [3.63, 3.8) is 0 Å². The van der Waals surface area contributed by atoms with Crippen molar-refractivity contribution < 1.29 is 4.79 Å². The molecule has 2 rings (SSSR count). The summed E-state index contributed by atoms with van der Waals surface area (Å²) >= 11 is 0. The number of nitrogens with one attached hydrogen (secondary N) is 2. The lowest BCUT2D eigenvalue weighted by Gasteiger charge is -2.00. The minimum Gasteiger partial charge on any atom is -0.349 e. The summed E-state index contributed by atoms with van der Waals surface area (Å²) in [7, 11) is 0. The molecule has 0 saturated heterocycles. The number of H-pyrrole nitrogens is 1. The highest BCUT2D eigenvalue weighted by Crippen LogP contribution is 2.31. The van der Waals surface area contributed by atoms with E-state index in [0.717, 1.165) is 31.1 Å². The Morgan fingerprint density at radius 2 is 2.40 bits per heavy atom. The molecule has 0 radical (unpaired) electrons. The predicted molar refractivity (Wildman–Crippen MR) is 55.4 cm³/mol. The first-order valence-corrected chi connectivity index (χ1v) is 5.49. The second-order valence-electron chi connectivity index (χ2n) is 3.95. The van der Waals surface area contributed by atoms with Crippen LogP contribution in [0.3, 0.4) is 0 Å². The molecule has 1 fully saturated rings. The van der Waals surface area contributed by atoms with Crippen LogP contribution in [-0.4, -0.2) is 27.6 Å². The molecule has 82 valence electrons. The van der Waals surface area contributed by atoms with Crippen molar-refractivity contribution in [3.8, 4) is 0 Å². The van der Waals surface area contributed by atoms with E-state index in [9.17, 15) is 4.79 Å². The maximum Gasteiger partial charge on any atom is 0.290 e. The number of hydrogen-bond donors (Lipinski definition) is 2. The summed E-state index contributed by atoms with van der Waals surface area (Å²) in [5, 5.41) is 9.40. The van der Waals surface area contributed by atoms with Crippen LogP contribution in [-0.2, 0) is 6.42 Å². The second-order valence-corrected chi connectivity index (χ2v) is 3.95. The lowest BCUT2D eigenvalue weighted by atomic mass is 10.3. The molecule has 0 unspecified atom stereocenters. The summed E-state index contributed by atoms with van der Waals surface area (Å²) in [6.07, 6.45) is 4.48. The third-order valence-corrected chi connectivity index (χ3v) is 2.60. The van der Waals surface area contributed by atoms with Gasteiger partial charge in [0.05, 0.1) is 0 Å². The number of amides is 1. The number of carbonyl (C=O) groups is 1. The summed E-state index contributed by atoms with van der Waals surface area (Å²) in [6.45, 7) is 2.70. The molecule has 0 bridgehead atoms. The van der Waals surface area contributed by atoms with Crippen LogP contribution in [0.15, 0.2) is 0 Å². The van der Waals surface area contributed by atoms with Crippen LogP contribution < -0.4 is 5.32 Å². The van der Waals surface area contributed by atoms with Crippen molar-refractivity contribution in [2.75, 3.05) is 6.54 Å². The summed E-state index contributed by atoms with van der Waals surface area (Å²) in [5.41, 5.74) is 0. The predicted octanol–water partition coefficient (Wildman–Crippen LogP) is 0.897. The van der Waals surface area contributed by atoms with E-state index in [2.05, 4.69) is 20.5 Å². The van der Waals surface area contributed by atoms with Gasteiger partial charge in [0.2, 0.25) is 5.82 Å². The zero-order valence-corrected chi connectivity index (χ0v) is 8.92. The zero-order chi connectivity index (χ0) is 10.7. The molecule has 15 heavy (non-hydrogen) atoms. The Hall–Kier alpha value is -1.39. The molecule has 1 aromatic rings. The molecule has 0 aromatic carbocycles. The van der Waals surface area contributed by atoms with E-state index < -0.39 is 0 Å². The van der Waals surface area contributed by atoms with E-state index in [-0.39, 0.29) is 11.7 Å². The molecule has 1 aliphatic carbocycles. The molecule has 1 saturated carbocycles. The van der Waals surface area contributed by atoms with E-state index >= 15 is 0 Å². The Labute approximate surface area is 88.7 Å². The van der Waals surface area contributed by atoms with Crippen LogP contribution in [0.25, 0.3) is 0 Å². The monoisotopic (exact) mass is 208 g/mol. The third-order valence-electron chi connectivity index (χ3n) is 2.60. The van der Waals surface area contributed by atoms with Crippen LogP contribution >= 0.6 is 0 Å². The van der Waals surface area contributed by atoms with E-state index in [1.165, 1.54) is 12.8 Å². The normalized spacial score (nSPS) is 15.3. The molecular weight excluding hydrogens is 192 g/mol. The van der Waals surface area contributed by atoms with E-state index in [4.69, 9.17) is 0 Å². The Bertz CT molecular complexity index is 343. The molecule has 5 nitrogen and oxygen atoms in total. The standard InChI is InChI=1S/C10H16N4O/c1-2-8-12-9(14-13-8)10(15)11-6-5-7-3-4-7/h7H,2-6H2,1H3,(H,11,15)(H,12,13,14). The zero-order valence-electron chi connectivity index (χ0n) is 8.92. The Kier molecular flexibility index (Phi) is 2.99. The highest BCUT2D eigenvalue weighted by molar-refractivity contribution is 5.90. The summed E-state index contributed by atoms with van der Waals surface area (Å²) < 4.78 is 0. The first kappa shape index (κ1) is 10.1. The SMILES string of the molecule is CCc1nc(C(=O)NCCC2CC2)n[nH]1. The van der Waals surface area contributed by atoms with Crippen LogP contribution in [0.5, 0.6) is 0 Å². The van der Waals surface area contributed by atoms with Gasteiger partial charge in [0.1, 0.15) is 5.82 Å². The maximum atomic E-state index is 11.5. The number of aromatic nitrogens is 3. The molecule has 1 aliphatic rings. The van der Waals surface area contributed by atoms with Gasteiger partial charge in [0, 0.05) is 13.0 Å². The lowest BCUT2D eigenvalue weighted by molar-refractivity contribution is 0.0942. The quantitative estimate of drug-likeness (QED) is 0.755. The molecular formula is C10H16N4O. The van der Waals surface area contributed by atoms with Gasteiger partial charge in [0.25, 0.3) is 5.91 Å². The van der Waals surface area contributed by atoms with Gasteiger partial charge in [-0.3, -0.25) is 9.89 Å². The van der Waals surface area contributed by atoms with Gasteiger partial charge in [-0.05, 0) is 12.3 Å². The van der Waals surface area contributed by atoms with Crippen LogP contribution in [0.2, 0.25) is 0 Å². The minimum atomic E-state index is -0.174. The summed E-state index contributed by atoms with van der Waals surface area (Å²) in [4.78, 5) is 15.6. The second kappa shape index (κ2) is 4.42. The Morgan fingerprint density at radius 1 is 1.60 bits per heavy atom. The first-order chi connectivity index (χ1) is 7.29. The molecule has 1 heterocycles. The Balaban J connectivity index is 1.78. The van der Waals surface area contributed by atoms with E-state index in [1.807, 2.05) is 6.92 Å². The number of hydrogen-bond acceptors (Lipinski definition) is 3. The molecule has 0 spiro atoms. The fourth-order valence-electron chi connectivity index (χ4n) is 1.43. The minimum absolute atomic E-state index is 0.174. The number of nitrogens with zero attached hydrogens (tertiary/aromatic N) is 2.